The second-order valence-electron chi connectivity index (χ2n) is 2.81. The van der Waals surface area contributed by atoms with Gasteiger partial charge in [-0.25, -0.2) is 0 Å². The van der Waals surface area contributed by atoms with E-state index in [4.69, 9.17) is 0 Å². The maximum absolute atomic E-state index is 9.81. The first-order chi connectivity index (χ1) is 4.69. The Balaban J connectivity index is 2.62. The van der Waals surface area contributed by atoms with Gasteiger partial charge >= 0.3 is 0 Å². The highest BCUT2D eigenvalue weighted by Crippen LogP contribution is 2.34. The maximum atomic E-state index is 9.81. The Labute approximate surface area is 66.5 Å². The van der Waals surface area contributed by atoms with E-state index in [0.29, 0.717) is 5.25 Å². The van der Waals surface area contributed by atoms with E-state index in [-0.39, 0.29) is 0 Å². The molecule has 2 unspecified atom stereocenters. The Hall–Kier alpha value is 0.0500. The topological polar surface area (TPSA) is 20.2 Å². The number of hydrogen-bond donors (Lipinski definition) is 1. The summed E-state index contributed by atoms with van der Waals surface area (Å²) in [6, 6.07) is 0. The molecule has 1 nitrogen and oxygen atoms in total. The van der Waals surface area contributed by atoms with Crippen molar-refractivity contribution >= 4 is 11.8 Å². The van der Waals surface area contributed by atoms with Crippen LogP contribution in [0.5, 0.6) is 0 Å². The lowest BCUT2D eigenvalue weighted by Crippen LogP contribution is -2.39. The molecular weight excluding hydrogens is 144 g/mol. The Morgan fingerprint density at radius 3 is 2.90 bits per heavy atom. The van der Waals surface area contributed by atoms with Gasteiger partial charge in [0.1, 0.15) is 0 Å². The second kappa shape index (κ2) is 2.97. The summed E-state index contributed by atoms with van der Waals surface area (Å²) in [7, 11) is 0. The van der Waals surface area contributed by atoms with Crippen molar-refractivity contribution in [2.24, 2.45) is 0 Å². The van der Waals surface area contributed by atoms with Crippen molar-refractivity contribution in [3.05, 3.63) is 12.7 Å². The molecule has 2 heteroatoms. The van der Waals surface area contributed by atoms with Crippen LogP contribution in [-0.2, 0) is 0 Å². The minimum absolute atomic E-state index is 0.318. The van der Waals surface area contributed by atoms with Gasteiger partial charge in [-0.2, -0.15) is 11.8 Å². The molecule has 1 aliphatic rings. The van der Waals surface area contributed by atoms with Crippen molar-refractivity contribution in [2.75, 3.05) is 5.75 Å². The average molecular weight is 158 g/mol. The van der Waals surface area contributed by atoms with Crippen LogP contribution in [0.1, 0.15) is 19.8 Å². The minimum Gasteiger partial charge on any atom is -0.385 e. The van der Waals surface area contributed by atoms with Crippen molar-refractivity contribution in [1.29, 1.82) is 0 Å². The highest BCUT2D eigenvalue weighted by molar-refractivity contribution is 8.00. The maximum Gasteiger partial charge on any atom is 0.0940 e. The number of rotatable bonds is 1. The number of aliphatic hydroxyl groups is 1. The third kappa shape index (κ3) is 1.38. The lowest BCUT2D eigenvalue weighted by molar-refractivity contribution is 0.0795. The van der Waals surface area contributed by atoms with Gasteiger partial charge in [0.15, 0.2) is 0 Å². The molecule has 0 bridgehead atoms. The fourth-order valence-corrected chi connectivity index (χ4v) is 2.40. The zero-order valence-corrected chi connectivity index (χ0v) is 7.16. The van der Waals surface area contributed by atoms with Gasteiger partial charge in [0.25, 0.3) is 0 Å². The Bertz CT molecular complexity index is 135. The van der Waals surface area contributed by atoms with E-state index < -0.39 is 5.60 Å². The van der Waals surface area contributed by atoms with E-state index in [2.05, 4.69) is 13.5 Å². The predicted octanol–water partition coefficient (Wildman–Crippen LogP) is 1.82. The van der Waals surface area contributed by atoms with Crippen molar-refractivity contribution in [3.63, 3.8) is 0 Å². The van der Waals surface area contributed by atoms with Crippen LogP contribution < -0.4 is 0 Å². The molecule has 1 saturated heterocycles. The molecule has 0 aliphatic carbocycles. The van der Waals surface area contributed by atoms with Gasteiger partial charge in [0, 0.05) is 5.25 Å². The second-order valence-corrected chi connectivity index (χ2v) is 4.26. The molecule has 0 aromatic rings. The van der Waals surface area contributed by atoms with Gasteiger partial charge in [-0.3, -0.25) is 0 Å². The van der Waals surface area contributed by atoms with Crippen molar-refractivity contribution in [1.82, 2.24) is 0 Å². The van der Waals surface area contributed by atoms with Gasteiger partial charge in [-0.15, -0.1) is 6.58 Å². The summed E-state index contributed by atoms with van der Waals surface area (Å²) >= 11 is 1.83. The van der Waals surface area contributed by atoms with Crippen LogP contribution in [0.2, 0.25) is 0 Å². The quantitative estimate of drug-likeness (QED) is 0.587. The van der Waals surface area contributed by atoms with Gasteiger partial charge in [-0.05, 0) is 18.6 Å². The Morgan fingerprint density at radius 1 is 1.80 bits per heavy atom. The molecule has 0 aromatic heterocycles. The molecule has 0 spiro atoms. The van der Waals surface area contributed by atoms with Crippen molar-refractivity contribution < 1.29 is 5.11 Å². The smallest absolute Gasteiger partial charge is 0.0940 e. The fourth-order valence-electron chi connectivity index (χ4n) is 1.23. The fraction of sp³-hybridized carbons (Fsp3) is 0.750. The third-order valence-corrected chi connectivity index (χ3v) is 3.58. The van der Waals surface area contributed by atoms with Crippen LogP contribution in [0.3, 0.4) is 0 Å². The zero-order chi connectivity index (χ0) is 7.61. The molecule has 0 aromatic carbocycles. The predicted molar refractivity (Wildman–Crippen MR) is 46.3 cm³/mol. The van der Waals surface area contributed by atoms with E-state index in [1.165, 1.54) is 5.75 Å². The molecule has 1 rings (SSSR count). The molecular formula is C8H14OS. The SMILES string of the molecule is C=CC1(O)CCCSC1C. The molecule has 58 valence electrons. The molecule has 1 aliphatic heterocycles. The van der Waals surface area contributed by atoms with E-state index in [9.17, 15) is 5.11 Å². The van der Waals surface area contributed by atoms with Crippen molar-refractivity contribution in [3.8, 4) is 0 Å². The van der Waals surface area contributed by atoms with Gasteiger partial charge in [0.05, 0.1) is 5.60 Å². The molecule has 2 atom stereocenters. The molecule has 1 fully saturated rings. The molecule has 10 heavy (non-hydrogen) atoms. The highest BCUT2D eigenvalue weighted by Gasteiger charge is 2.33. The van der Waals surface area contributed by atoms with Gasteiger partial charge in [-0.1, -0.05) is 13.0 Å². The van der Waals surface area contributed by atoms with Crippen molar-refractivity contribution in [2.45, 2.75) is 30.6 Å². The van der Waals surface area contributed by atoms with Crippen LogP contribution in [-0.4, -0.2) is 21.7 Å². The summed E-state index contributed by atoms with van der Waals surface area (Å²) in [5.74, 6) is 1.18. The summed E-state index contributed by atoms with van der Waals surface area (Å²) in [5, 5.41) is 10.1. The molecule has 1 N–H and O–H groups in total. The summed E-state index contributed by atoms with van der Waals surface area (Å²) in [6.45, 7) is 5.70. The summed E-state index contributed by atoms with van der Waals surface area (Å²) in [6.07, 6.45) is 3.67. The molecule has 1 heterocycles. The number of hydrogen-bond acceptors (Lipinski definition) is 2. The minimum atomic E-state index is -0.594. The first-order valence-electron chi connectivity index (χ1n) is 3.66. The van der Waals surface area contributed by atoms with E-state index in [1.54, 1.807) is 6.08 Å². The van der Waals surface area contributed by atoms with E-state index in [1.807, 2.05) is 11.8 Å². The number of thioether (sulfide) groups is 1. The monoisotopic (exact) mass is 158 g/mol. The van der Waals surface area contributed by atoms with E-state index in [0.717, 1.165) is 12.8 Å². The first kappa shape index (κ1) is 8.15. The summed E-state index contributed by atoms with van der Waals surface area (Å²) < 4.78 is 0. The molecule has 0 amide bonds. The highest BCUT2D eigenvalue weighted by atomic mass is 32.2. The Kier molecular flexibility index (Phi) is 2.42. The van der Waals surface area contributed by atoms with Crippen LogP contribution in [0.25, 0.3) is 0 Å². The van der Waals surface area contributed by atoms with Crippen LogP contribution in [0.4, 0.5) is 0 Å². The molecule has 0 saturated carbocycles. The van der Waals surface area contributed by atoms with Crippen LogP contribution >= 0.6 is 11.8 Å². The summed E-state index contributed by atoms with van der Waals surface area (Å²) in [4.78, 5) is 0. The lowest BCUT2D eigenvalue weighted by atomic mass is 9.94. The lowest BCUT2D eigenvalue weighted by Gasteiger charge is -2.34. The van der Waals surface area contributed by atoms with Gasteiger partial charge < -0.3 is 5.11 Å². The average Bonchev–Trinajstić information content (AvgIpc) is 1.96. The van der Waals surface area contributed by atoms with Crippen LogP contribution in [0.15, 0.2) is 12.7 Å². The van der Waals surface area contributed by atoms with Crippen LogP contribution in [0, 0.1) is 0 Å². The normalized spacial score (nSPS) is 41.2. The molecule has 0 radical (unpaired) electrons. The van der Waals surface area contributed by atoms with Gasteiger partial charge in [0.2, 0.25) is 0 Å². The first-order valence-corrected chi connectivity index (χ1v) is 4.71. The van der Waals surface area contributed by atoms with E-state index >= 15 is 0 Å². The Morgan fingerprint density at radius 2 is 2.50 bits per heavy atom. The standard InChI is InChI=1S/C8H14OS/c1-3-8(9)5-4-6-10-7(8)2/h3,7,9H,1,4-6H2,2H3. The summed E-state index contributed by atoms with van der Waals surface area (Å²) in [5.41, 5.74) is -0.594. The zero-order valence-electron chi connectivity index (χ0n) is 6.34. The largest absolute Gasteiger partial charge is 0.385 e. The third-order valence-electron chi connectivity index (χ3n) is 2.15.